The van der Waals surface area contributed by atoms with Crippen LogP contribution in [0, 0.1) is 11.7 Å². The normalized spacial score (nSPS) is 25.3. The van der Waals surface area contributed by atoms with Gasteiger partial charge in [0, 0.05) is 12.1 Å². The maximum atomic E-state index is 13.2. The van der Waals surface area contributed by atoms with Crippen LogP contribution < -0.4 is 5.56 Å². The number of hydrogen-bond donors (Lipinski definition) is 2. The number of hydrogen-bond acceptors (Lipinski definition) is 2. The lowest BCUT2D eigenvalue weighted by atomic mass is 9.81. The Morgan fingerprint density at radius 2 is 1.78 bits per heavy atom. The number of ether oxygens (including phenoxy) is 1. The molecule has 1 aliphatic heterocycles. The second-order valence-electron chi connectivity index (χ2n) is 6.68. The number of aromatic nitrogens is 2. The van der Waals surface area contributed by atoms with Crippen LogP contribution in [0.5, 0.6) is 0 Å². The van der Waals surface area contributed by atoms with Crippen LogP contribution in [0.4, 0.5) is 4.39 Å². The fourth-order valence-electron chi connectivity index (χ4n) is 4.00. The minimum Gasteiger partial charge on any atom is -0.365 e. The minimum atomic E-state index is -0.415. The smallest absolute Gasteiger partial charge is 0.270 e. The Morgan fingerprint density at radius 1 is 1.04 bits per heavy atom. The third-order valence-electron chi connectivity index (χ3n) is 5.22. The number of halogens is 1. The summed E-state index contributed by atoms with van der Waals surface area (Å²) < 4.78 is 19.6. The van der Waals surface area contributed by atoms with E-state index in [1.165, 1.54) is 44.2 Å². The summed E-state index contributed by atoms with van der Waals surface area (Å²) in [6.45, 7) is 0. The molecule has 1 aromatic heterocycles. The third-order valence-corrected chi connectivity index (χ3v) is 5.22. The van der Waals surface area contributed by atoms with Gasteiger partial charge in [0.25, 0.3) is 5.56 Å². The fraction of sp³-hybridized carbons (Fsp3) is 0.500. The summed E-state index contributed by atoms with van der Waals surface area (Å²) in [6, 6.07) is 6.26. The van der Waals surface area contributed by atoms with E-state index in [1.54, 1.807) is 12.1 Å². The molecule has 2 aromatic rings. The largest absolute Gasteiger partial charge is 0.365 e. The molecule has 2 N–H and O–H groups in total. The van der Waals surface area contributed by atoms with Gasteiger partial charge in [-0.2, -0.15) is 0 Å². The second kappa shape index (κ2) is 5.96. The van der Waals surface area contributed by atoms with Crippen LogP contribution in [-0.2, 0) is 11.2 Å². The van der Waals surface area contributed by atoms with Crippen molar-refractivity contribution in [1.29, 1.82) is 0 Å². The van der Waals surface area contributed by atoms with Gasteiger partial charge in [-0.1, -0.05) is 31.4 Å². The molecule has 2 aliphatic rings. The van der Waals surface area contributed by atoms with Crippen LogP contribution >= 0.6 is 0 Å². The van der Waals surface area contributed by atoms with Crippen molar-refractivity contribution in [3.05, 3.63) is 57.3 Å². The van der Waals surface area contributed by atoms with Crippen molar-refractivity contribution < 1.29 is 9.13 Å². The van der Waals surface area contributed by atoms with Crippen molar-refractivity contribution in [2.45, 2.75) is 50.7 Å². The maximum Gasteiger partial charge on any atom is 0.270 e. The predicted molar refractivity (Wildman–Crippen MR) is 84.8 cm³/mol. The Kier molecular flexibility index (Phi) is 3.81. The number of rotatable bonds is 2. The van der Waals surface area contributed by atoms with Crippen LogP contribution in [0.15, 0.2) is 29.1 Å². The SMILES string of the molecule is O=c1[nH][nH]c2c1[C@H](c1ccc(F)cc1)O[C@H](C1CCCCC1)C2. The van der Waals surface area contributed by atoms with Crippen LogP contribution in [-0.4, -0.2) is 16.3 Å². The predicted octanol–water partition coefficient (Wildman–Crippen LogP) is 3.45. The average molecular weight is 316 g/mol. The van der Waals surface area contributed by atoms with E-state index in [9.17, 15) is 9.18 Å². The first-order valence-corrected chi connectivity index (χ1v) is 8.42. The monoisotopic (exact) mass is 316 g/mol. The molecule has 0 saturated heterocycles. The summed E-state index contributed by atoms with van der Waals surface area (Å²) in [4.78, 5) is 12.2. The van der Waals surface area contributed by atoms with E-state index in [-0.39, 0.29) is 17.5 Å². The van der Waals surface area contributed by atoms with Gasteiger partial charge in [-0.25, -0.2) is 4.39 Å². The van der Waals surface area contributed by atoms with E-state index >= 15 is 0 Å². The zero-order valence-electron chi connectivity index (χ0n) is 13.0. The average Bonchev–Trinajstić information content (AvgIpc) is 2.97. The number of aromatic amines is 2. The summed E-state index contributed by atoms with van der Waals surface area (Å²) in [5.41, 5.74) is 2.27. The second-order valence-corrected chi connectivity index (χ2v) is 6.68. The molecule has 0 unspecified atom stereocenters. The van der Waals surface area contributed by atoms with Crippen molar-refractivity contribution in [1.82, 2.24) is 10.2 Å². The van der Waals surface area contributed by atoms with Crippen molar-refractivity contribution in [3.8, 4) is 0 Å². The lowest BCUT2D eigenvalue weighted by Gasteiger charge is -2.36. The van der Waals surface area contributed by atoms with E-state index in [0.717, 1.165) is 17.7 Å². The molecule has 1 fully saturated rings. The van der Waals surface area contributed by atoms with E-state index in [2.05, 4.69) is 10.2 Å². The highest BCUT2D eigenvalue weighted by atomic mass is 19.1. The van der Waals surface area contributed by atoms with E-state index < -0.39 is 6.10 Å². The van der Waals surface area contributed by atoms with Gasteiger partial charge in [0.05, 0.1) is 11.7 Å². The first-order chi connectivity index (χ1) is 11.2. The van der Waals surface area contributed by atoms with E-state index in [4.69, 9.17) is 4.74 Å². The molecule has 5 heteroatoms. The maximum absolute atomic E-state index is 13.2. The zero-order valence-corrected chi connectivity index (χ0v) is 13.0. The highest BCUT2D eigenvalue weighted by molar-refractivity contribution is 5.33. The summed E-state index contributed by atoms with van der Waals surface area (Å²) in [7, 11) is 0. The van der Waals surface area contributed by atoms with E-state index in [1.807, 2.05) is 0 Å². The van der Waals surface area contributed by atoms with Crippen molar-refractivity contribution in [2.24, 2.45) is 5.92 Å². The summed E-state index contributed by atoms with van der Waals surface area (Å²) in [5.74, 6) is 0.259. The lowest BCUT2D eigenvalue weighted by molar-refractivity contribution is -0.0466. The molecule has 1 aromatic carbocycles. The Hall–Kier alpha value is -1.88. The first kappa shape index (κ1) is 14.7. The van der Waals surface area contributed by atoms with Crippen molar-refractivity contribution in [3.63, 3.8) is 0 Å². The number of benzene rings is 1. The lowest BCUT2D eigenvalue weighted by Crippen LogP contribution is -2.35. The highest BCUT2D eigenvalue weighted by Crippen LogP contribution is 2.38. The molecule has 2 heterocycles. The molecule has 0 spiro atoms. The number of nitrogens with one attached hydrogen (secondary N) is 2. The first-order valence-electron chi connectivity index (χ1n) is 8.42. The molecule has 122 valence electrons. The van der Waals surface area contributed by atoms with Gasteiger partial charge in [-0.15, -0.1) is 0 Å². The molecule has 0 amide bonds. The molecule has 0 radical (unpaired) electrons. The minimum absolute atomic E-state index is 0.115. The summed E-state index contributed by atoms with van der Waals surface area (Å²) in [6.07, 6.45) is 6.62. The molecular formula is C18H21FN2O2. The zero-order chi connectivity index (χ0) is 15.8. The van der Waals surface area contributed by atoms with Crippen LogP contribution in [0.25, 0.3) is 0 Å². The van der Waals surface area contributed by atoms with Crippen LogP contribution in [0.1, 0.15) is 55.0 Å². The van der Waals surface area contributed by atoms with Gasteiger partial charge in [-0.3, -0.25) is 9.89 Å². The molecule has 2 atom stereocenters. The molecular weight excluding hydrogens is 295 g/mol. The molecule has 1 aliphatic carbocycles. The molecule has 4 rings (SSSR count). The Labute approximate surface area is 134 Å². The van der Waals surface area contributed by atoms with Gasteiger partial charge < -0.3 is 9.84 Å². The molecule has 23 heavy (non-hydrogen) atoms. The molecule has 4 nitrogen and oxygen atoms in total. The Morgan fingerprint density at radius 3 is 2.52 bits per heavy atom. The quantitative estimate of drug-likeness (QED) is 0.891. The van der Waals surface area contributed by atoms with Crippen LogP contribution in [0.2, 0.25) is 0 Å². The fourth-order valence-corrected chi connectivity index (χ4v) is 4.00. The topological polar surface area (TPSA) is 57.9 Å². The van der Waals surface area contributed by atoms with Gasteiger partial charge in [-0.05, 0) is 36.5 Å². The highest BCUT2D eigenvalue weighted by Gasteiger charge is 2.36. The van der Waals surface area contributed by atoms with Crippen LogP contribution in [0.3, 0.4) is 0 Å². The summed E-state index contributed by atoms with van der Waals surface area (Å²) in [5, 5.41) is 5.69. The number of fused-ring (bicyclic) bond motifs is 1. The van der Waals surface area contributed by atoms with Gasteiger partial charge in [0.15, 0.2) is 0 Å². The molecule has 0 bridgehead atoms. The Balaban J connectivity index is 1.69. The number of H-pyrrole nitrogens is 2. The van der Waals surface area contributed by atoms with Gasteiger partial charge in [0.2, 0.25) is 0 Å². The third kappa shape index (κ3) is 2.74. The van der Waals surface area contributed by atoms with Gasteiger partial charge >= 0.3 is 0 Å². The summed E-state index contributed by atoms with van der Waals surface area (Å²) >= 11 is 0. The standard InChI is InChI=1S/C18H21FN2O2/c19-13-8-6-12(7-9-13)17-16-14(20-21-18(16)22)10-15(23-17)11-4-2-1-3-5-11/h6-9,11,15,17H,1-5,10H2,(H2,20,21,22)/t15-,17-/m0/s1. The van der Waals surface area contributed by atoms with E-state index in [0.29, 0.717) is 11.5 Å². The Bertz CT molecular complexity index is 728. The van der Waals surface area contributed by atoms with Crippen molar-refractivity contribution >= 4 is 0 Å². The van der Waals surface area contributed by atoms with Crippen molar-refractivity contribution in [2.75, 3.05) is 0 Å². The van der Waals surface area contributed by atoms with Gasteiger partial charge in [0.1, 0.15) is 11.9 Å². The molecule has 1 saturated carbocycles.